The van der Waals surface area contributed by atoms with Gasteiger partial charge >= 0.3 is 0 Å². The smallest absolute Gasteiger partial charge is 0.227 e. The average molecular weight is 471 g/mol. The molecule has 0 unspecified atom stereocenters. The molecule has 0 N–H and O–H groups in total. The molecule has 2 aliphatic rings. The molecular weight excluding hydrogens is 436 g/mol. The van der Waals surface area contributed by atoms with Crippen LogP contribution in [0.1, 0.15) is 43.4 Å². The van der Waals surface area contributed by atoms with Crippen LogP contribution in [-0.2, 0) is 17.9 Å². The molecule has 6 heteroatoms. The summed E-state index contributed by atoms with van der Waals surface area (Å²) in [6, 6.07) is 12.6. The number of benzene rings is 2. The van der Waals surface area contributed by atoms with Gasteiger partial charge in [-0.2, -0.15) is 0 Å². The highest BCUT2D eigenvalue weighted by Crippen LogP contribution is 2.38. The Morgan fingerprint density at radius 3 is 2.67 bits per heavy atom. The molecule has 4 rings (SSSR count). The van der Waals surface area contributed by atoms with Gasteiger partial charge in [-0.15, -0.1) is 0 Å². The fourth-order valence-corrected chi connectivity index (χ4v) is 4.94. The van der Waals surface area contributed by atoms with Crippen molar-refractivity contribution in [2.75, 3.05) is 32.8 Å². The number of ether oxygens (including phenoxy) is 2. The van der Waals surface area contributed by atoms with Gasteiger partial charge in [0.2, 0.25) is 5.91 Å². The van der Waals surface area contributed by atoms with Gasteiger partial charge in [-0.25, -0.2) is 0 Å². The predicted octanol–water partition coefficient (Wildman–Crippen LogP) is 5.32. The second-order valence-corrected chi connectivity index (χ2v) is 10.2. The Bertz CT molecular complexity index is 961. The van der Waals surface area contributed by atoms with E-state index < -0.39 is 0 Å². The first kappa shape index (κ1) is 23.9. The van der Waals surface area contributed by atoms with E-state index in [0.29, 0.717) is 42.2 Å². The van der Waals surface area contributed by atoms with Gasteiger partial charge in [-0.3, -0.25) is 9.69 Å². The van der Waals surface area contributed by atoms with Crippen molar-refractivity contribution in [1.82, 2.24) is 9.80 Å². The number of likely N-dealkylation sites (tertiary alicyclic amines) is 1. The highest BCUT2D eigenvalue weighted by Gasteiger charge is 2.32. The lowest BCUT2D eigenvalue weighted by atomic mass is 10.0. The number of hydrogen-bond donors (Lipinski definition) is 0. The third-order valence-corrected chi connectivity index (χ3v) is 6.56. The first-order valence-corrected chi connectivity index (χ1v) is 12.4. The molecule has 2 heterocycles. The largest absolute Gasteiger partial charge is 0.489 e. The zero-order valence-corrected chi connectivity index (χ0v) is 20.7. The highest BCUT2D eigenvalue weighted by atomic mass is 35.5. The van der Waals surface area contributed by atoms with Crippen LogP contribution in [-0.4, -0.2) is 48.6 Å². The summed E-state index contributed by atoms with van der Waals surface area (Å²) in [5.74, 6) is 1.94. The number of aryl methyl sites for hydroxylation is 1. The fourth-order valence-electron chi connectivity index (χ4n) is 4.66. The minimum atomic E-state index is 0.0325. The van der Waals surface area contributed by atoms with E-state index in [4.69, 9.17) is 21.1 Å². The molecule has 0 aliphatic carbocycles. The molecule has 2 aromatic carbocycles. The van der Waals surface area contributed by atoms with Crippen LogP contribution in [0.4, 0.5) is 0 Å². The van der Waals surface area contributed by atoms with E-state index >= 15 is 0 Å². The zero-order chi connectivity index (χ0) is 23.4. The molecular formula is C27H35ClN2O3. The number of amides is 1. The Morgan fingerprint density at radius 2 is 1.91 bits per heavy atom. The summed E-state index contributed by atoms with van der Waals surface area (Å²) >= 11 is 6.51. The van der Waals surface area contributed by atoms with Gasteiger partial charge in [0.15, 0.2) is 11.5 Å². The molecule has 1 atom stereocenters. The number of carbonyl (C=O) groups is 1. The Kier molecular flexibility index (Phi) is 7.82. The number of fused-ring (bicyclic) bond motifs is 1. The number of carbonyl (C=O) groups excluding carboxylic acids is 1. The quantitative estimate of drug-likeness (QED) is 0.549. The Morgan fingerprint density at radius 1 is 1.15 bits per heavy atom. The standard InChI is InChI=1S/C27H35ClN2O3/c1-19(2)15-30(17-22-13-24(28)26-25(14-22)32-11-4-12-33-26)27(31)23-9-10-29(18-23)16-21-7-5-20(3)6-8-21/h5-8,13-14,19,23H,4,9-12,15-18H2,1-3H3/t23-/m1/s1. The van der Waals surface area contributed by atoms with Crippen molar-refractivity contribution in [2.45, 2.75) is 46.7 Å². The number of nitrogens with zero attached hydrogens (tertiary/aromatic N) is 2. The summed E-state index contributed by atoms with van der Waals surface area (Å²) in [5, 5.41) is 0.548. The average Bonchev–Trinajstić information content (AvgIpc) is 3.10. The third-order valence-electron chi connectivity index (χ3n) is 6.28. The maximum absolute atomic E-state index is 13.6. The van der Waals surface area contributed by atoms with Gasteiger partial charge < -0.3 is 14.4 Å². The highest BCUT2D eigenvalue weighted by molar-refractivity contribution is 6.32. The molecule has 178 valence electrons. The second-order valence-electron chi connectivity index (χ2n) is 9.77. The second kappa shape index (κ2) is 10.8. The molecule has 1 amide bonds. The van der Waals surface area contributed by atoms with Gasteiger partial charge in [-0.1, -0.05) is 55.3 Å². The summed E-state index contributed by atoms with van der Waals surface area (Å²) in [7, 11) is 0. The monoisotopic (exact) mass is 470 g/mol. The minimum absolute atomic E-state index is 0.0325. The normalized spacial score (nSPS) is 18.4. The van der Waals surface area contributed by atoms with Crippen molar-refractivity contribution in [1.29, 1.82) is 0 Å². The van der Waals surface area contributed by atoms with Gasteiger partial charge in [-0.05, 0) is 49.1 Å². The maximum Gasteiger partial charge on any atom is 0.227 e. The summed E-state index contributed by atoms with van der Waals surface area (Å²) in [4.78, 5) is 18.0. The maximum atomic E-state index is 13.6. The first-order valence-electron chi connectivity index (χ1n) is 12.0. The van der Waals surface area contributed by atoms with Crippen molar-refractivity contribution in [3.8, 4) is 11.5 Å². The van der Waals surface area contributed by atoms with Crippen molar-refractivity contribution in [3.05, 3.63) is 58.1 Å². The van der Waals surface area contributed by atoms with Gasteiger partial charge in [0.1, 0.15) is 0 Å². The summed E-state index contributed by atoms with van der Waals surface area (Å²) in [6.45, 7) is 11.5. The van der Waals surface area contributed by atoms with Gasteiger partial charge in [0, 0.05) is 32.6 Å². The van der Waals surface area contributed by atoms with Crippen LogP contribution in [0.2, 0.25) is 5.02 Å². The number of rotatable bonds is 7. The minimum Gasteiger partial charge on any atom is -0.489 e. The third kappa shape index (κ3) is 6.21. The van der Waals surface area contributed by atoms with Crippen LogP contribution in [0.3, 0.4) is 0 Å². The molecule has 33 heavy (non-hydrogen) atoms. The van der Waals surface area contributed by atoms with Crippen LogP contribution >= 0.6 is 11.6 Å². The van der Waals surface area contributed by atoms with Crippen molar-refractivity contribution >= 4 is 17.5 Å². The Hall–Kier alpha value is -2.24. The van der Waals surface area contributed by atoms with Crippen LogP contribution in [0.5, 0.6) is 11.5 Å². The molecule has 0 radical (unpaired) electrons. The molecule has 0 aromatic heterocycles. The topological polar surface area (TPSA) is 42.0 Å². The van der Waals surface area contributed by atoms with E-state index in [1.54, 1.807) is 0 Å². The van der Waals surface area contributed by atoms with Crippen LogP contribution < -0.4 is 9.47 Å². The lowest BCUT2D eigenvalue weighted by Gasteiger charge is -2.28. The molecule has 5 nitrogen and oxygen atoms in total. The first-order chi connectivity index (χ1) is 15.9. The lowest BCUT2D eigenvalue weighted by molar-refractivity contribution is -0.136. The van der Waals surface area contributed by atoms with E-state index in [2.05, 4.69) is 49.9 Å². The summed E-state index contributed by atoms with van der Waals surface area (Å²) in [5.41, 5.74) is 3.55. The van der Waals surface area contributed by atoms with Crippen molar-refractivity contribution < 1.29 is 14.3 Å². The van der Waals surface area contributed by atoms with Crippen LogP contribution in [0.25, 0.3) is 0 Å². The van der Waals surface area contributed by atoms with E-state index in [-0.39, 0.29) is 11.8 Å². The fraction of sp³-hybridized carbons (Fsp3) is 0.519. The molecule has 1 fully saturated rings. The Balaban J connectivity index is 1.44. The molecule has 1 saturated heterocycles. The molecule has 0 spiro atoms. The van der Waals surface area contributed by atoms with Crippen LogP contribution in [0, 0.1) is 18.8 Å². The zero-order valence-electron chi connectivity index (χ0n) is 20.0. The van der Waals surface area contributed by atoms with E-state index in [9.17, 15) is 4.79 Å². The SMILES string of the molecule is Cc1ccc(CN2CC[C@@H](C(=O)N(Cc3cc(Cl)c4c(c3)OCCCO4)CC(C)C)C2)cc1. The van der Waals surface area contributed by atoms with Crippen LogP contribution in [0.15, 0.2) is 36.4 Å². The van der Waals surface area contributed by atoms with Crippen molar-refractivity contribution in [2.24, 2.45) is 11.8 Å². The molecule has 0 bridgehead atoms. The number of halogens is 1. The van der Waals surface area contributed by atoms with Gasteiger partial charge in [0.25, 0.3) is 0 Å². The van der Waals surface area contributed by atoms with E-state index in [1.165, 1.54) is 11.1 Å². The predicted molar refractivity (Wildman–Crippen MR) is 132 cm³/mol. The molecule has 2 aliphatic heterocycles. The number of hydrogen-bond acceptors (Lipinski definition) is 4. The lowest BCUT2D eigenvalue weighted by Crippen LogP contribution is -2.39. The van der Waals surface area contributed by atoms with Crippen molar-refractivity contribution in [3.63, 3.8) is 0 Å². The molecule has 0 saturated carbocycles. The molecule has 2 aromatic rings. The summed E-state index contributed by atoms with van der Waals surface area (Å²) in [6.07, 6.45) is 1.74. The van der Waals surface area contributed by atoms with Gasteiger partial charge in [0.05, 0.1) is 24.2 Å². The van der Waals surface area contributed by atoms with E-state index in [1.807, 2.05) is 17.0 Å². The van der Waals surface area contributed by atoms with E-state index in [0.717, 1.165) is 44.6 Å². The summed E-state index contributed by atoms with van der Waals surface area (Å²) < 4.78 is 11.6. The Labute approximate surface area is 202 Å².